The van der Waals surface area contributed by atoms with Crippen LogP contribution >= 0.6 is 7.82 Å². The largest absolute Gasteiger partial charge is 0.472 e. The molecule has 1 unspecified atom stereocenters. The topological polar surface area (TPSA) is 134 Å². The minimum Gasteiger partial charge on any atom is -0.462 e. The van der Waals surface area contributed by atoms with Crippen molar-refractivity contribution in [1.82, 2.24) is 0 Å². The van der Waals surface area contributed by atoms with Crippen LogP contribution in [0, 0.1) is 0 Å². The minimum absolute atomic E-state index is 0.0392. The first-order chi connectivity index (χ1) is 25.8. The molecule has 10 heteroatoms. The highest BCUT2D eigenvalue weighted by atomic mass is 31.2. The third-order valence-electron chi connectivity index (χ3n) is 8.38. The number of hydrogen-bond donors (Lipinski definition) is 2. The average Bonchev–Trinajstić information content (AvgIpc) is 3.14. The zero-order valence-corrected chi connectivity index (χ0v) is 34.4. The lowest BCUT2D eigenvalue weighted by atomic mass is 10.1. The van der Waals surface area contributed by atoms with Crippen LogP contribution in [-0.2, 0) is 32.7 Å². The number of carbonyl (C=O) groups is 2. The number of phosphoric acid groups is 1. The van der Waals surface area contributed by atoms with Gasteiger partial charge in [-0.1, -0.05) is 139 Å². The molecule has 0 aliphatic heterocycles. The molecule has 2 atom stereocenters. The number of carbonyl (C=O) groups excluding carboxylic acids is 2. The lowest BCUT2D eigenvalue weighted by molar-refractivity contribution is -0.161. The molecule has 0 radical (unpaired) electrons. The first-order valence-electron chi connectivity index (χ1n) is 20.8. The zero-order chi connectivity index (χ0) is 38.9. The van der Waals surface area contributed by atoms with E-state index in [0.717, 1.165) is 44.9 Å². The Morgan fingerprint density at radius 3 is 1.51 bits per heavy atom. The fraction of sp³-hybridized carbons (Fsp3) is 0.721. The maximum Gasteiger partial charge on any atom is 0.472 e. The summed E-state index contributed by atoms with van der Waals surface area (Å²) < 4.78 is 32.6. The molecule has 0 fully saturated rings. The summed E-state index contributed by atoms with van der Waals surface area (Å²) in [6.45, 7) is 3.61. The van der Waals surface area contributed by atoms with E-state index in [1.165, 1.54) is 77.0 Å². The van der Waals surface area contributed by atoms with Crippen molar-refractivity contribution in [3.05, 3.63) is 60.8 Å². The summed E-state index contributed by atoms with van der Waals surface area (Å²) in [5.74, 6) is -0.932. The number of nitrogens with two attached hydrogens (primary N) is 1. The Bertz CT molecular complexity index is 1050. The van der Waals surface area contributed by atoms with Gasteiger partial charge in [-0.2, -0.15) is 0 Å². The smallest absolute Gasteiger partial charge is 0.462 e. The Morgan fingerprint density at radius 1 is 0.566 bits per heavy atom. The fourth-order valence-electron chi connectivity index (χ4n) is 5.27. The number of hydrogen-bond acceptors (Lipinski definition) is 8. The van der Waals surface area contributed by atoms with E-state index in [1.54, 1.807) is 0 Å². The normalized spacial score (nSPS) is 14.0. The first-order valence-corrected chi connectivity index (χ1v) is 22.3. The van der Waals surface area contributed by atoms with Crippen molar-refractivity contribution in [3.63, 3.8) is 0 Å². The minimum atomic E-state index is -4.40. The standard InChI is InChI=1S/C43H76NO8P/c1-3-5-7-9-11-13-15-17-19-20-22-24-26-28-30-32-34-36-43(46)52-41(40-51-53(47,48)50-38-37-44)39-49-42(45)35-33-31-29-27-25-23-21-18-16-14-12-10-8-6-4-2/h17-19,21-22,24-25,27-28,30,41H,3-16,20,23,26,29,31-40,44H2,1-2H3,(H,47,48)/b19-17+,21-18+,24-22+,27-25+,30-28+/t41-/m1/s1. The van der Waals surface area contributed by atoms with Crippen LogP contribution < -0.4 is 5.73 Å². The second kappa shape index (κ2) is 39.4. The van der Waals surface area contributed by atoms with E-state index in [9.17, 15) is 19.0 Å². The van der Waals surface area contributed by atoms with Crippen molar-refractivity contribution in [3.8, 4) is 0 Å². The summed E-state index contributed by atoms with van der Waals surface area (Å²) in [6, 6.07) is 0. The summed E-state index contributed by atoms with van der Waals surface area (Å²) in [7, 11) is -4.40. The molecule has 0 heterocycles. The van der Waals surface area contributed by atoms with Gasteiger partial charge in [-0.15, -0.1) is 0 Å². The molecule has 0 aromatic heterocycles. The first kappa shape index (κ1) is 50.7. The van der Waals surface area contributed by atoms with E-state index in [-0.39, 0.29) is 32.6 Å². The highest BCUT2D eigenvalue weighted by Gasteiger charge is 2.25. The van der Waals surface area contributed by atoms with Gasteiger partial charge in [-0.25, -0.2) is 4.57 Å². The van der Waals surface area contributed by atoms with E-state index >= 15 is 0 Å². The van der Waals surface area contributed by atoms with E-state index in [1.807, 2.05) is 6.08 Å². The summed E-state index contributed by atoms with van der Waals surface area (Å²) in [5.41, 5.74) is 5.33. The van der Waals surface area contributed by atoms with Gasteiger partial charge in [0.1, 0.15) is 6.61 Å². The highest BCUT2D eigenvalue weighted by Crippen LogP contribution is 2.43. The molecule has 53 heavy (non-hydrogen) atoms. The van der Waals surface area contributed by atoms with Crippen molar-refractivity contribution >= 4 is 19.8 Å². The Hall–Kier alpha value is -2.29. The predicted octanol–water partition coefficient (Wildman–Crippen LogP) is 11.7. The van der Waals surface area contributed by atoms with E-state index in [2.05, 4.69) is 68.5 Å². The van der Waals surface area contributed by atoms with E-state index in [0.29, 0.717) is 19.3 Å². The monoisotopic (exact) mass is 766 g/mol. The Labute approximate surface area is 323 Å². The second-order valence-corrected chi connectivity index (χ2v) is 14.9. The molecule has 0 spiro atoms. The summed E-state index contributed by atoms with van der Waals surface area (Å²) in [4.78, 5) is 34.8. The number of ether oxygens (including phenoxy) is 2. The average molecular weight is 766 g/mol. The molecule has 0 amide bonds. The van der Waals surface area contributed by atoms with Gasteiger partial charge in [0, 0.05) is 19.4 Å². The number of unbranched alkanes of at least 4 members (excludes halogenated alkanes) is 15. The SMILES string of the molecule is CCCCCCCC/C=C/C/C=C/C/C=C/CCCC(=O)O[C@H](COC(=O)CCCC/C=C/C/C=C/CCCCCCCC)COP(=O)(O)OCCN. The van der Waals surface area contributed by atoms with Crippen LogP contribution in [0.1, 0.15) is 168 Å². The molecular formula is C43H76NO8P. The van der Waals surface area contributed by atoms with Crippen LogP contribution in [0.3, 0.4) is 0 Å². The Morgan fingerprint density at radius 2 is 1.00 bits per heavy atom. The molecule has 0 rings (SSSR count). The van der Waals surface area contributed by atoms with Crippen LogP contribution in [0.2, 0.25) is 0 Å². The molecule has 306 valence electrons. The number of phosphoric ester groups is 1. The molecule has 0 bridgehead atoms. The molecule has 0 aliphatic rings. The van der Waals surface area contributed by atoms with Crippen LogP contribution in [-0.4, -0.2) is 49.3 Å². The molecule has 0 aromatic carbocycles. The maximum absolute atomic E-state index is 12.5. The molecular weight excluding hydrogens is 689 g/mol. The summed E-state index contributed by atoms with van der Waals surface area (Å²) >= 11 is 0. The van der Waals surface area contributed by atoms with Crippen LogP contribution in [0.15, 0.2) is 60.8 Å². The lowest BCUT2D eigenvalue weighted by Gasteiger charge is -2.19. The van der Waals surface area contributed by atoms with Gasteiger partial charge in [0.05, 0.1) is 13.2 Å². The van der Waals surface area contributed by atoms with Gasteiger partial charge >= 0.3 is 19.8 Å². The summed E-state index contributed by atoms with van der Waals surface area (Å²) in [6.07, 6.45) is 45.5. The number of rotatable bonds is 38. The van der Waals surface area contributed by atoms with Crippen LogP contribution in [0.4, 0.5) is 0 Å². The van der Waals surface area contributed by atoms with Crippen molar-refractivity contribution in [2.45, 2.75) is 174 Å². The molecule has 3 N–H and O–H groups in total. The van der Waals surface area contributed by atoms with Crippen LogP contribution in [0.25, 0.3) is 0 Å². The Balaban J connectivity index is 4.34. The number of esters is 2. The second-order valence-electron chi connectivity index (χ2n) is 13.5. The van der Waals surface area contributed by atoms with Crippen molar-refractivity contribution in [1.29, 1.82) is 0 Å². The summed E-state index contributed by atoms with van der Waals surface area (Å²) in [5, 5.41) is 0. The number of allylic oxidation sites excluding steroid dienone is 10. The fourth-order valence-corrected chi connectivity index (χ4v) is 6.03. The third-order valence-corrected chi connectivity index (χ3v) is 9.36. The molecule has 9 nitrogen and oxygen atoms in total. The van der Waals surface area contributed by atoms with Gasteiger partial charge in [-0.3, -0.25) is 18.6 Å². The lowest BCUT2D eigenvalue weighted by Crippen LogP contribution is -2.29. The maximum atomic E-state index is 12.5. The van der Waals surface area contributed by atoms with E-state index < -0.39 is 32.5 Å². The van der Waals surface area contributed by atoms with Gasteiger partial charge in [0.25, 0.3) is 0 Å². The van der Waals surface area contributed by atoms with Gasteiger partial charge in [0.15, 0.2) is 6.10 Å². The molecule has 0 saturated carbocycles. The highest BCUT2D eigenvalue weighted by molar-refractivity contribution is 7.47. The van der Waals surface area contributed by atoms with E-state index in [4.69, 9.17) is 24.3 Å². The predicted molar refractivity (Wildman–Crippen MR) is 219 cm³/mol. The van der Waals surface area contributed by atoms with Crippen molar-refractivity contribution < 1.29 is 37.6 Å². The van der Waals surface area contributed by atoms with Gasteiger partial charge < -0.3 is 20.1 Å². The molecule has 0 aliphatic carbocycles. The van der Waals surface area contributed by atoms with Gasteiger partial charge in [0.2, 0.25) is 0 Å². The molecule has 0 aromatic rings. The van der Waals surface area contributed by atoms with Crippen molar-refractivity contribution in [2.75, 3.05) is 26.4 Å². The van der Waals surface area contributed by atoms with Crippen LogP contribution in [0.5, 0.6) is 0 Å². The quantitative estimate of drug-likeness (QED) is 0.0272. The van der Waals surface area contributed by atoms with Crippen molar-refractivity contribution in [2.24, 2.45) is 5.73 Å². The third kappa shape index (κ3) is 39.2. The Kier molecular flexibility index (Phi) is 37.7. The zero-order valence-electron chi connectivity index (χ0n) is 33.5. The molecule has 0 saturated heterocycles. The van der Waals surface area contributed by atoms with Gasteiger partial charge in [-0.05, 0) is 77.0 Å².